The van der Waals surface area contributed by atoms with Crippen LogP contribution in [0.5, 0.6) is 5.75 Å². The minimum atomic E-state index is 0.800. The molecule has 3 N–H and O–H groups in total. The Hall–Kier alpha value is -1.88. The fraction of sp³-hybridized carbons (Fsp3) is 0.478. The van der Waals surface area contributed by atoms with Crippen LogP contribution in [0, 0.1) is 0 Å². The van der Waals surface area contributed by atoms with Crippen molar-refractivity contribution in [2.24, 2.45) is 0 Å². The van der Waals surface area contributed by atoms with Crippen LogP contribution in [0.3, 0.4) is 0 Å². The van der Waals surface area contributed by atoms with Crippen molar-refractivity contribution in [3.8, 4) is 5.75 Å². The van der Waals surface area contributed by atoms with Crippen molar-refractivity contribution < 1.29 is 19.7 Å². The SMILES string of the molecule is c1ccc(Cc2ccccc2OCCCC[NH2+]CC[NH+]2CCOCC2)cc1. The number of unbranched alkanes of at least 4 members (excludes halogenated alkanes) is 1. The summed E-state index contributed by atoms with van der Waals surface area (Å²) in [6, 6.07) is 19.0. The van der Waals surface area contributed by atoms with Gasteiger partial charge in [0.05, 0.1) is 26.4 Å². The summed E-state index contributed by atoms with van der Waals surface area (Å²) in [6.45, 7) is 8.67. The molecule has 1 heterocycles. The predicted octanol–water partition coefficient (Wildman–Crippen LogP) is 0.915. The van der Waals surface area contributed by atoms with Gasteiger partial charge in [-0.05, 0) is 30.0 Å². The quantitative estimate of drug-likeness (QED) is 0.578. The van der Waals surface area contributed by atoms with Gasteiger partial charge in [0.15, 0.2) is 0 Å². The summed E-state index contributed by atoms with van der Waals surface area (Å²) in [7, 11) is 0. The van der Waals surface area contributed by atoms with Gasteiger partial charge >= 0.3 is 0 Å². The lowest BCUT2D eigenvalue weighted by Gasteiger charge is -2.22. The van der Waals surface area contributed by atoms with Crippen LogP contribution in [0.4, 0.5) is 0 Å². The molecule has 4 nitrogen and oxygen atoms in total. The Kier molecular flexibility index (Phi) is 8.65. The molecule has 0 atom stereocenters. The molecular weight excluding hydrogens is 336 g/mol. The molecule has 3 rings (SSSR count). The van der Waals surface area contributed by atoms with Crippen LogP contribution in [0.1, 0.15) is 24.0 Å². The van der Waals surface area contributed by atoms with E-state index in [2.05, 4.69) is 59.9 Å². The largest absolute Gasteiger partial charge is 0.493 e. The van der Waals surface area contributed by atoms with Gasteiger partial charge in [-0.25, -0.2) is 0 Å². The Bertz CT molecular complexity index is 642. The molecule has 146 valence electrons. The third-order valence-electron chi connectivity index (χ3n) is 5.17. The molecule has 0 spiro atoms. The Balaban J connectivity index is 1.29. The smallest absolute Gasteiger partial charge is 0.127 e. The van der Waals surface area contributed by atoms with Crippen LogP contribution in [-0.2, 0) is 11.2 Å². The minimum Gasteiger partial charge on any atom is -0.493 e. The zero-order chi connectivity index (χ0) is 18.6. The number of hydrogen-bond acceptors (Lipinski definition) is 2. The number of rotatable bonds is 11. The average molecular weight is 371 g/mol. The zero-order valence-electron chi connectivity index (χ0n) is 16.4. The molecule has 1 aliphatic heterocycles. The van der Waals surface area contributed by atoms with Gasteiger partial charge in [0.25, 0.3) is 0 Å². The van der Waals surface area contributed by atoms with E-state index in [-0.39, 0.29) is 0 Å². The second-order valence-corrected chi connectivity index (χ2v) is 7.30. The van der Waals surface area contributed by atoms with E-state index >= 15 is 0 Å². The lowest BCUT2D eigenvalue weighted by atomic mass is 10.0. The average Bonchev–Trinajstić information content (AvgIpc) is 2.73. The number of hydrogen-bond donors (Lipinski definition) is 2. The molecule has 1 fully saturated rings. The highest BCUT2D eigenvalue weighted by atomic mass is 16.5. The van der Waals surface area contributed by atoms with Gasteiger partial charge in [-0.2, -0.15) is 0 Å². The number of nitrogens with two attached hydrogens (primary N) is 1. The van der Waals surface area contributed by atoms with Crippen molar-refractivity contribution in [1.29, 1.82) is 0 Å². The van der Waals surface area contributed by atoms with Gasteiger partial charge in [0, 0.05) is 6.42 Å². The number of para-hydroxylation sites is 1. The molecule has 1 saturated heterocycles. The molecule has 0 saturated carbocycles. The van der Waals surface area contributed by atoms with E-state index in [1.54, 1.807) is 4.90 Å². The molecule has 0 aliphatic carbocycles. The van der Waals surface area contributed by atoms with E-state index in [4.69, 9.17) is 9.47 Å². The monoisotopic (exact) mass is 370 g/mol. The summed E-state index contributed by atoms with van der Waals surface area (Å²) in [5.41, 5.74) is 2.59. The highest BCUT2D eigenvalue weighted by Crippen LogP contribution is 2.21. The second-order valence-electron chi connectivity index (χ2n) is 7.30. The fourth-order valence-corrected chi connectivity index (χ4v) is 3.54. The van der Waals surface area contributed by atoms with Crippen LogP contribution in [0.15, 0.2) is 54.6 Å². The number of morpholine rings is 1. The summed E-state index contributed by atoms with van der Waals surface area (Å²) in [4.78, 5) is 1.69. The molecule has 0 bridgehead atoms. The van der Waals surface area contributed by atoms with Gasteiger partial charge in [0.1, 0.15) is 31.9 Å². The Morgan fingerprint density at radius 1 is 0.889 bits per heavy atom. The molecule has 2 aromatic carbocycles. The number of benzene rings is 2. The first kappa shape index (κ1) is 19.9. The highest BCUT2D eigenvalue weighted by Gasteiger charge is 2.13. The first-order valence-electron chi connectivity index (χ1n) is 10.4. The van der Waals surface area contributed by atoms with Crippen molar-refractivity contribution in [3.05, 3.63) is 65.7 Å². The van der Waals surface area contributed by atoms with E-state index in [9.17, 15) is 0 Å². The van der Waals surface area contributed by atoms with Crippen molar-refractivity contribution in [2.75, 3.05) is 52.5 Å². The van der Waals surface area contributed by atoms with Gasteiger partial charge in [-0.15, -0.1) is 0 Å². The fourth-order valence-electron chi connectivity index (χ4n) is 3.54. The Morgan fingerprint density at radius 2 is 1.67 bits per heavy atom. The second kappa shape index (κ2) is 11.8. The third-order valence-corrected chi connectivity index (χ3v) is 5.17. The van der Waals surface area contributed by atoms with E-state index < -0.39 is 0 Å². The lowest BCUT2D eigenvalue weighted by molar-refractivity contribution is -0.919. The zero-order valence-corrected chi connectivity index (χ0v) is 16.4. The van der Waals surface area contributed by atoms with Crippen LogP contribution < -0.4 is 15.0 Å². The van der Waals surface area contributed by atoms with Crippen molar-refractivity contribution in [2.45, 2.75) is 19.3 Å². The summed E-state index contributed by atoms with van der Waals surface area (Å²) < 4.78 is 11.5. The third kappa shape index (κ3) is 7.33. The van der Waals surface area contributed by atoms with E-state index in [1.165, 1.54) is 50.3 Å². The van der Waals surface area contributed by atoms with Gasteiger partial charge < -0.3 is 19.7 Å². The van der Waals surface area contributed by atoms with Gasteiger partial charge in [-0.3, -0.25) is 0 Å². The van der Waals surface area contributed by atoms with E-state index in [0.29, 0.717) is 0 Å². The van der Waals surface area contributed by atoms with Crippen molar-refractivity contribution in [1.82, 2.24) is 0 Å². The predicted molar refractivity (Wildman–Crippen MR) is 108 cm³/mol. The number of ether oxygens (including phenoxy) is 2. The molecule has 0 unspecified atom stereocenters. The lowest BCUT2D eigenvalue weighted by Crippen LogP contribution is -3.16. The standard InChI is InChI=1S/C23H32N2O2/c1-2-8-21(9-3-1)20-22-10-4-5-11-23(22)27-17-7-6-12-24-13-14-25-15-18-26-19-16-25/h1-5,8-11,24H,6-7,12-20H2/p+2. The van der Waals surface area contributed by atoms with Crippen molar-refractivity contribution in [3.63, 3.8) is 0 Å². The summed E-state index contributed by atoms with van der Waals surface area (Å²) in [5, 5.41) is 2.45. The van der Waals surface area contributed by atoms with Gasteiger partial charge in [-0.1, -0.05) is 48.5 Å². The highest BCUT2D eigenvalue weighted by molar-refractivity contribution is 5.37. The molecule has 0 amide bonds. The Morgan fingerprint density at radius 3 is 2.52 bits per heavy atom. The van der Waals surface area contributed by atoms with Crippen LogP contribution >= 0.6 is 0 Å². The summed E-state index contributed by atoms with van der Waals surface area (Å²) in [5.74, 6) is 1.03. The van der Waals surface area contributed by atoms with Crippen LogP contribution in [0.25, 0.3) is 0 Å². The van der Waals surface area contributed by atoms with Crippen molar-refractivity contribution >= 4 is 0 Å². The maximum Gasteiger partial charge on any atom is 0.127 e. The molecular formula is C23H34N2O2+2. The number of nitrogens with one attached hydrogen (secondary N) is 1. The normalized spacial score (nSPS) is 15.0. The molecule has 0 radical (unpaired) electrons. The Labute approximate surface area is 163 Å². The van der Waals surface area contributed by atoms with Crippen LogP contribution in [-0.4, -0.2) is 52.5 Å². The van der Waals surface area contributed by atoms with Gasteiger partial charge in [0.2, 0.25) is 0 Å². The molecule has 27 heavy (non-hydrogen) atoms. The first-order chi connectivity index (χ1) is 13.4. The number of quaternary nitrogens is 2. The topological polar surface area (TPSA) is 39.5 Å². The molecule has 0 aromatic heterocycles. The van der Waals surface area contributed by atoms with E-state index in [0.717, 1.165) is 38.4 Å². The molecule has 4 heteroatoms. The maximum absolute atomic E-state index is 6.08. The summed E-state index contributed by atoms with van der Waals surface area (Å²) >= 11 is 0. The summed E-state index contributed by atoms with van der Waals surface area (Å²) in [6.07, 6.45) is 3.24. The van der Waals surface area contributed by atoms with Crippen LogP contribution in [0.2, 0.25) is 0 Å². The molecule has 2 aromatic rings. The minimum absolute atomic E-state index is 0.800. The van der Waals surface area contributed by atoms with E-state index in [1.807, 2.05) is 0 Å². The first-order valence-corrected chi connectivity index (χ1v) is 10.4. The molecule has 1 aliphatic rings. The maximum atomic E-state index is 6.08.